The van der Waals surface area contributed by atoms with Gasteiger partial charge in [-0.1, -0.05) is 26.8 Å². The van der Waals surface area contributed by atoms with Gasteiger partial charge in [0.2, 0.25) is 0 Å². The Morgan fingerprint density at radius 1 is 1.14 bits per heavy atom. The largest absolute Gasteiger partial charge is 0.481 e. The van der Waals surface area contributed by atoms with Crippen molar-refractivity contribution in [3.8, 4) is 0 Å². The van der Waals surface area contributed by atoms with Gasteiger partial charge in [-0.2, -0.15) is 0 Å². The van der Waals surface area contributed by atoms with Crippen LogP contribution in [-0.4, -0.2) is 33.5 Å². The molecule has 0 spiro atoms. The molecule has 158 valence electrons. The molecule has 0 radical (unpaired) electrons. The first kappa shape index (κ1) is 20.4. The van der Waals surface area contributed by atoms with Gasteiger partial charge < -0.3 is 15.3 Å². The van der Waals surface area contributed by atoms with Crippen molar-refractivity contribution in [1.82, 2.24) is 0 Å². The standard InChI is InChI=1S/C24H38O4/c1-14(4-7-22(27)28)17-5-6-18-16-13-21(26)20-12-15(25)8-10-24(20,3)19(16)9-11-23(17,18)2/h12,14-19,21,25-26H,4-11,13H2,1-3H3,(H,27,28)/t14-,15-,16-,17+,18+,19-,21+,23-,24+/m1/s1. The molecule has 4 aliphatic carbocycles. The van der Waals surface area contributed by atoms with Crippen molar-refractivity contribution in [2.75, 3.05) is 0 Å². The molecule has 28 heavy (non-hydrogen) atoms. The molecular formula is C24H38O4. The van der Waals surface area contributed by atoms with Gasteiger partial charge in [-0.05, 0) is 97.4 Å². The minimum Gasteiger partial charge on any atom is -0.481 e. The molecule has 0 saturated heterocycles. The Bertz CT molecular complexity index is 657. The Hall–Kier alpha value is -0.870. The molecule has 0 bridgehead atoms. The van der Waals surface area contributed by atoms with Gasteiger partial charge in [0.15, 0.2) is 0 Å². The third-order valence-corrected chi connectivity index (χ3v) is 9.67. The predicted octanol–water partition coefficient (Wildman–Crippen LogP) is 4.40. The number of aliphatic hydroxyl groups is 2. The molecular weight excluding hydrogens is 352 g/mol. The van der Waals surface area contributed by atoms with Crippen molar-refractivity contribution in [2.24, 2.45) is 40.4 Å². The second kappa shape index (κ2) is 7.12. The highest BCUT2D eigenvalue weighted by Gasteiger charge is 2.60. The molecule has 0 aromatic carbocycles. The van der Waals surface area contributed by atoms with E-state index in [1.54, 1.807) is 0 Å². The van der Waals surface area contributed by atoms with Gasteiger partial charge in [0.1, 0.15) is 0 Å². The van der Waals surface area contributed by atoms with E-state index in [0.29, 0.717) is 29.6 Å². The monoisotopic (exact) mass is 390 g/mol. The van der Waals surface area contributed by atoms with Crippen LogP contribution >= 0.6 is 0 Å². The maximum atomic E-state index is 11.0. The highest BCUT2D eigenvalue weighted by molar-refractivity contribution is 5.66. The van der Waals surface area contributed by atoms with Crippen LogP contribution in [0, 0.1) is 40.4 Å². The summed E-state index contributed by atoms with van der Waals surface area (Å²) in [6, 6.07) is 0. The van der Waals surface area contributed by atoms with Gasteiger partial charge in [0, 0.05) is 6.42 Å². The van der Waals surface area contributed by atoms with Crippen LogP contribution in [0.2, 0.25) is 0 Å². The fourth-order valence-corrected chi connectivity index (χ4v) is 8.28. The number of aliphatic hydroxyl groups excluding tert-OH is 2. The lowest BCUT2D eigenvalue weighted by Gasteiger charge is -2.60. The zero-order chi connectivity index (χ0) is 20.3. The molecule has 0 aliphatic heterocycles. The molecule has 0 unspecified atom stereocenters. The summed E-state index contributed by atoms with van der Waals surface area (Å²) in [5.41, 5.74) is 1.43. The topological polar surface area (TPSA) is 77.8 Å². The molecule has 0 aromatic heterocycles. The summed E-state index contributed by atoms with van der Waals surface area (Å²) in [6.07, 6.45) is 9.72. The van der Waals surface area contributed by atoms with Crippen LogP contribution in [0.25, 0.3) is 0 Å². The SMILES string of the molecule is C[C@H](CCC(=O)O)[C@@H]1CC[C@H]2[C@H]3C[C@H](O)C4=C[C@H](O)CC[C@@]4(C)[C@@H]3CC[C@@]21C. The first-order valence-electron chi connectivity index (χ1n) is 11.5. The maximum absolute atomic E-state index is 11.0. The van der Waals surface area contributed by atoms with Crippen LogP contribution in [0.3, 0.4) is 0 Å². The number of hydrogen-bond donors (Lipinski definition) is 3. The summed E-state index contributed by atoms with van der Waals surface area (Å²) in [7, 11) is 0. The molecule has 3 fully saturated rings. The van der Waals surface area contributed by atoms with Crippen molar-refractivity contribution in [1.29, 1.82) is 0 Å². The molecule has 0 aromatic rings. The highest BCUT2D eigenvalue weighted by Crippen LogP contribution is 2.67. The van der Waals surface area contributed by atoms with Gasteiger partial charge in [0.05, 0.1) is 12.2 Å². The van der Waals surface area contributed by atoms with Crippen molar-refractivity contribution in [3.05, 3.63) is 11.6 Å². The Morgan fingerprint density at radius 3 is 2.61 bits per heavy atom. The van der Waals surface area contributed by atoms with E-state index in [0.717, 1.165) is 31.3 Å². The zero-order valence-electron chi connectivity index (χ0n) is 17.7. The van der Waals surface area contributed by atoms with Gasteiger partial charge >= 0.3 is 5.97 Å². The average molecular weight is 391 g/mol. The van der Waals surface area contributed by atoms with Crippen molar-refractivity contribution >= 4 is 5.97 Å². The minimum absolute atomic E-state index is 0.0376. The molecule has 4 aliphatic rings. The summed E-state index contributed by atoms with van der Waals surface area (Å²) in [5.74, 6) is 2.18. The zero-order valence-corrected chi connectivity index (χ0v) is 17.7. The first-order chi connectivity index (χ1) is 13.2. The van der Waals surface area contributed by atoms with Gasteiger partial charge in [-0.3, -0.25) is 4.79 Å². The van der Waals surface area contributed by atoms with Crippen molar-refractivity contribution in [2.45, 2.75) is 90.8 Å². The third kappa shape index (κ3) is 3.06. The Kier molecular flexibility index (Phi) is 5.19. The predicted molar refractivity (Wildman–Crippen MR) is 109 cm³/mol. The maximum Gasteiger partial charge on any atom is 0.303 e. The number of carbonyl (C=O) groups is 1. The number of aliphatic carboxylic acids is 1. The molecule has 4 heteroatoms. The summed E-state index contributed by atoms with van der Waals surface area (Å²) in [4.78, 5) is 11.0. The average Bonchev–Trinajstić information content (AvgIpc) is 2.99. The van der Waals surface area contributed by atoms with Crippen molar-refractivity contribution in [3.63, 3.8) is 0 Å². The van der Waals surface area contributed by atoms with E-state index in [9.17, 15) is 15.0 Å². The van der Waals surface area contributed by atoms with E-state index in [1.165, 1.54) is 25.7 Å². The van der Waals surface area contributed by atoms with Crippen LogP contribution in [0.15, 0.2) is 11.6 Å². The lowest BCUT2D eigenvalue weighted by molar-refractivity contribution is -0.137. The fraction of sp³-hybridized carbons (Fsp3) is 0.875. The van der Waals surface area contributed by atoms with Gasteiger partial charge in [-0.15, -0.1) is 0 Å². The molecule has 0 heterocycles. The number of carboxylic acids is 1. The van der Waals surface area contributed by atoms with E-state index in [-0.39, 0.29) is 17.3 Å². The van der Waals surface area contributed by atoms with Crippen molar-refractivity contribution < 1.29 is 20.1 Å². The summed E-state index contributed by atoms with van der Waals surface area (Å²) >= 11 is 0. The van der Waals surface area contributed by atoms with Crippen LogP contribution in [0.5, 0.6) is 0 Å². The first-order valence-corrected chi connectivity index (χ1v) is 11.5. The lowest BCUT2D eigenvalue weighted by Crippen LogP contribution is -2.54. The smallest absolute Gasteiger partial charge is 0.303 e. The number of carboxylic acid groups (broad SMARTS) is 1. The second-order valence-electron chi connectivity index (χ2n) is 10.9. The number of fused-ring (bicyclic) bond motifs is 5. The highest BCUT2D eigenvalue weighted by atomic mass is 16.4. The Labute approximate surface area is 169 Å². The molecule has 4 nitrogen and oxygen atoms in total. The Morgan fingerprint density at radius 2 is 1.89 bits per heavy atom. The van der Waals surface area contributed by atoms with Crippen LogP contribution in [-0.2, 0) is 4.79 Å². The molecule has 0 amide bonds. The normalized spacial score (nSPS) is 48.8. The van der Waals surface area contributed by atoms with Crippen LogP contribution in [0.4, 0.5) is 0 Å². The number of rotatable bonds is 4. The minimum atomic E-state index is -0.683. The molecule has 4 rings (SSSR count). The van der Waals surface area contributed by atoms with Gasteiger partial charge in [-0.25, -0.2) is 0 Å². The van der Waals surface area contributed by atoms with E-state index in [1.807, 2.05) is 6.08 Å². The molecule has 3 N–H and O–H groups in total. The molecule has 3 saturated carbocycles. The van der Waals surface area contributed by atoms with Gasteiger partial charge in [0.25, 0.3) is 0 Å². The third-order valence-electron chi connectivity index (χ3n) is 9.67. The second-order valence-corrected chi connectivity index (χ2v) is 10.9. The summed E-state index contributed by atoms with van der Waals surface area (Å²) < 4.78 is 0. The fourth-order valence-electron chi connectivity index (χ4n) is 8.28. The van der Waals surface area contributed by atoms with Crippen LogP contribution < -0.4 is 0 Å². The van der Waals surface area contributed by atoms with E-state index >= 15 is 0 Å². The number of hydrogen-bond acceptors (Lipinski definition) is 3. The summed E-state index contributed by atoms with van der Waals surface area (Å²) in [6.45, 7) is 7.07. The lowest BCUT2D eigenvalue weighted by atomic mass is 9.46. The van der Waals surface area contributed by atoms with E-state index in [2.05, 4.69) is 20.8 Å². The van der Waals surface area contributed by atoms with E-state index in [4.69, 9.17) is 5.11 Å². The van der Waals surface area contributed by atoms with Crippen LogP contribution in [0.1, 0.15) is 78.6 Å². The molecule has 9 atom stereocenters. The summed E-state index contributed by atoms with van der Waals surface area (Å²) in [5, 5.41) is 30.2. The quantitative estimate of drug-likeness (QED) is 0.622. The van der Waals surface area contributed by atoms with E-state index < -0.39 is 18.2 Å². The Balaban J connectivity index is 1.57.